The highest BCUT2D eigenvalue weighted by molar-refractivity contribution is 7.19. The van der Waals surface area contributed by atoms with Gasteiger partial charge >= 0.3 is 0 Å². The minimum absolute atomic E-state index is 1.06. The summed E-state index contributed by atoms with van der Waals surface area (Å²) in [4.78, 5) is 8.91. The molecule has 0 unspecified atom stereocenters. The number of aromatic nitrogens is 1. The Kier molecular flexibility index (Phi) is 7.37. The number of thiazole rings is 1. The average Bonchev–Trinajstić information content (AvgIpc) is 3.80. The molecule has 3 heteroatoms. The monoisotopic (exact) mass is 680 g/mol. The van der Waals surface area contributed by atoms with E-state index in [0.717, 1.165) is 33.3 Å². The molecule has 0 amide bonds. The van der Waals surface area contributed by atoms with E-state index < -0.39 is 0 Å². The van der Waals surface area contributed by atoms with Gasteiger partial charge in [0.1, 0.15) is 5.01 Å². The maximum Gasteiger partial charge on any atom is 0.124 e. The summed E-state index contributed by atoms with van der Waals surface area (Å²) in [6.07, 6.45) is 0. The van der Waals surface area contributed by atoms with Gasteiger partial charge in [-0.25, -0.2) is 4.98 Å². The van der Waals surface area contributed by atoms with E-state index >= 15 is 0 Å². The molecule has 0 radical (unpaired) electrons. The van der Waals surface area contributed by atoms with E-state index in [0.29, 0.717) is 0 Å². The normalized spacial score (nSPS) is 11.5. The van der Waals surface area contributed by atoms with E-state index in [9.17, 15) is 0 Å². The smallest absolute Gasteiger partial charge is 0.124 e. The molecule has 0 N–H and O–H groups in total. The Morgan fingerprint density at radius 2 is 0.923 bits per heavy atom. The van der Waals surface area contributed by atoms with Crippen LogP contribution in [-0.2, 0) is 0 Å². The van der Waals surface area contributed by atoms with Gasteiger partial charge in [0.05, 0.1) is 16.3 Å². The van der Waals surface area contributed by atoms with E-state index in [4.69, 9.17) is 4.98 Å². The maximum absolute atomic E-state index is 5.23. The lowest BCUT2D eigenvalue weighted by molar-refractivity contribution is 1.30. The zero-order chi connectivity index (χ0) is 34.4. The van der Waals surface area contributed by atoms with Crippen LogP contribution in [0.3, 0.4) is 0 Å². The van der Waals surface area contributed by atoms with Crippen molar-refractivity contribution in [1.29, 1.82) is 0 Å². The zero-order valence-electron chi connectivity index (χ0n) is 28.3. The van der Waals surface area contributed by atoms with Crippen molar-refractivity contribution < 1.29 is 0 Å². The van der Waals surface area contributed by atoms with Crippen LogP contribution in [0.1, 0.15) is 0 Å². The molecular formula is C49H32N2S. The van der Waals surface area contributed by atoms with Gasteiger partial charge < -0.3 is 4.90 Å². The van der Waals surface area contributed by atoms with Crippen molar-refractivity contribution in [1.82, 2.24) is 4.98 Å². The van der Waals surface area contributed by atoms with Gasteiger partial charge in [-0.05, 0) is 69.8 Å². The molecule has 1 aliphatic rings. The van der Waals surface area contributed by atoms with Gasteiger partial charge in [-0.3, -0.25) is 0 Å². The van der Waals surface area contributed by atoms with Crippen molar-refractivity contribution >= 4 is 39.2 Å². The van der Waals surface area contributed by atoms with Crippen LogP contribution in [-0.4, -0.2) is 4.98 Å². The van der Waals surface area contributed by atoms with Gasteiger partial charge in [0.2, 0.25) is 0 Å². The predicted octanol–water partition coefficient (Wildman–Crippen LogP) is 14.1. The highest BCUT2D eigenvalue weighted by atomic mass is 32.1. The minimum atomic E-state index is 1.06. The number of nitrogens with zero attached hydrogens (tertiary/aromatic N) is 2. The van der Waals surface area contributed by atoms with Crippen LogP contribution in [0.15, 0.2) is 194 Å². The van der Waals surface area contributed by atoms with Crippen molar-refractivity contribution in [2.75, 3.05) is 4.90 Å². The first-order chi connectivity index (χ1) is 25.8. The van der Waals surface area contributed by atoms with Crippen LogP contribution in [0, 0.1) is 0 Å². The second-order valence-electron chi connectivity index (χ2n) is 13.2. The molecule has 10 rings (SSSR count). The Hall–Kier alpha value is -6.55. The molecule has 0 saturated heterocycles. The molecule has 0 saturated carbocycles. The fraction of sp³-hybridized carbons (Fsp3) is 0. The van der Waals surface area contributed by atoms with Gasteiger partial charge in [0, 0.05) is 38.8 Å². The number of hydrogen-bond donors (Lipinski definition) is 0. The summed E-state index contributed by atoms with van der Waals surface area (Å²) in [5, 5.41) is 3.53. The summed E-state index contributed by atoms with van der Waals surface area (Å²) in [7, 11) is 0. The van der Waals surface area contributed by atoms with E-state index in [-0.39, 0.29) is 0 Å². The Labute approximate surface area is 307 Å². The molecule has 52 heavy (non-hydrogen) atoms. The third-order valence-corrected chi connectivity index (χ3v) is 11.2. The Bertz CT molecular complexity index is 2620. The SMILES string of the molecule is c1ccc(-c2ccc(N(c3cc(-c4ccccc4)cc(-c4ccccc4)c3)c3ccc4c5c(cccc35)-c3sc(-c5ccccc5)nc3-4)cc2)cc1. The summed E-state index contributed by atoms with van der Waals surface area (Å²) >= 11 is 1.79. The zero-order valence-corrected chi connectivity index (χ0v) is 29.1. The second kappa shape index (κ2) is 12.6. The summed E-state index contributed by atoms with van der Waals surface area (Å²) in [5.74, 6) is 0. The van der Waals surface area contributed by atoms with Crippen molar-refractivity contribution in [2.24, 2.45) is 0 Å². The largest absolute Gasteiger partial charge is 0.310 e. The topological polar surface area (TPSA) is 16.1 Å². The van der Waals surface area contributed by atoms with Crippen LogP contribution in [0.4, 0.5) is 17.1 Å². The number of hydrogen-bond acceptors (Lipinski definition) is 3. The number of fused-ring (bicyclic) bond motifs is 3. The molecule has 0 aliphatic heterocycles. The minimum Gasteiger partial charge on any atom is -0.310 e. The van der Waals surface area contributed by atoms with Gasteiger partial charge in [-0.2, -0.15) is 0 Å². The average molecular weight is 681 g/mol. The van der Waals surface area contributed by atoms with Crippen LogP contribution in [0.5, 0.6) is 0 Å². The van der Waals surface area contributed by atoms with Crippen molar-refractivity contribution in [3.8, 4) is 65.6 Å². The van der Waals surface area contributed by atoms with Gasteiger partial charge in [0.15, 0.2) is 0 Å². The molecular weight excluding hydrogens is 649 g/mol. The molecule has 0 atom stereocenters. The Morgan fingerprint density at radius 3 is 1.52 bits per heavy atom. The number of anilines is 3. The third kappa shape index (κ3) is 5.22. The van der Waals surface area contributed by atoms with E-state index in [1.807, 2.05) is 0 Å². The fourth-order valence-electron chi connectivity index (χ4n) is 7.56. The summed E-state index contributed by atoms with van der Waals surface area (Å²) < 4.78 is 0. The quantitative estimate of drug-likeness (QED) is 0.167. The number of benzene rings is 8. The van der Waals surface area contributed by atoms with Crippen molar-refractivity contribution in [2.45, 2.75) is 0 Å². The molecule has 0 bridgehead atoms. The van der Waals surface area contributed by atoms with Crippen LogP contribution in [0.25, 0.3) is 76.4 Å². The van der Waals surface area contributed by atoms with Gasteiger partial charge in [-0.1, -0.05) is 158 Å². The second-order valence-corrected chi connectivity index (χ2v) is 14.2. The summed E-state index contributed by atoms with van der Waals surface area (Å²) in [6.45, 7) is 0. The van der Waals surface area contributed by atoms with E-state index in [1.165, 1.54) is 60.2 Å². The lowest BCUT2D eigenvalue weighted by Gasteiger charge is -2.28. The fourth-order valence-corrected chi connectivity index (χ4v) is 8.67. The van der Waals surface area contributed by atoms with Gasteiger partial charge in [-0.15, -0.1) is 11.3 Å². The highest BCUT2D eigenvalue weighted by Crippen LogP contribution is 2.54. The molecule has 1 aromatic heterocycles. The van der Waals surface area contributed by atoms with E-state index in [1.54, 1.807) is 11.3 Å². The van der Waals surface area contributed by atoms with E-state index in [2.05, 4.69) is 199 Å². The molecule has 0 fully saturated rings. The first-order valence-corrected chi connectivity index (χ1v) is 18.4. The van der Waals surface area contributed by atoms with Gasteiger partial charge in [0.25, 0.3) is 0 Å². The highest BCUT2D eigenvalue weighted by Gasteiger charge is 2.29. The molecule has 9 aromatic rings. The molecule has 244 valence electrons. The molecule has 8 aromatic carbocycles. The maximum atomic E-state index is 5.23. The van der Waals surface area contributed by atoms with Crippen LogP contribution in [0.2, 0.25) is 0 Å². The van der Waals surface area contributed by atoms with Crippen molar-refractivity contribution in [3.63, 3.8) is 0 Å². The number of rotatable bonds is 7. The standard InChI is InChI=1S/C49H32N2S/c1-5-14-33(15-6-1)36-24-26-40(27-25-36)51(41-31-38(34-16-7-2-8-17-34)30-39(32-41)35-18-9-3-10-19-35)45-29-28-43-46-42(45)22-13-23-44(46)48-47(43)50-49(52-48)37-20-11-4-12-21-37/h1-32H. The first-order valence-electron chi connectivity index (χ1n) is 17.6. The van der Waals surface area contributed by atoms with Crippen molar-refractivity contribution in [3.05, 3.63) is 194 Å². The lowest BCUT2D eigenvalue weighted by atomic mass is 9.96. The summed E-state index contributed by atoms with van der Waals surface area (Å²) in [6, 6.07) is 69.8. The van der Waals surface area contributed by atoms with Crippen LogP contribution >= 0.6 is 11.3 Å². The summed E-state index contributed by atoms with van der Waals surface area (Å²) in [5.41, 5.74) is 15.1. The Morgan fingerprint density at radius 1 is 0.385 bits per heavy atom. The van der Waals surface area contributed by atoms with Crippen LogP contribution < -0.4 is 4.90 Å². The molecule has 1 aliphatic carbocycles. The lowest BCUT2D eigenvalue weighted by Crippen LogP contribution is -2.11. The molecule has 2 nitrogen and oxygen atoms in total. The predicted molar refractivity (Wildman–Crippen MR) is 220 cm³/mol. The molecule has 0 spiro atoms. The Balaban J connectivity index is 1.19. The first kappa shape index (κ1) is 30.3. The third-order valence-electron chi connectivity index (χ3n) is 10.0. The molecule has 1 heterocycles.